The van der Waals surface area contributed by atoms with Gasteiger partial charge in [-0.15, -0.1) is 0 Å². The summed E-state index contributed by atoms with van der Waals surface area (Å²) in [6, 6.07) is 8.74. The molecule has 15 heavy (non-hydrogen) atoms. The maximum Gasteiger partial charge on any atom is 0.0702 e. The molecule has 2 rings (SSSR count). The summed E-state index contributed by atoms with van der Waals surface area (Å²) in [7, 11) is 0. The molecule has 0 aliphatic carbocycles. The summed E-state index contributed by atoms with van der Waals surface area (Å²) in [6.07, 6.45) is 1.25. The van der Waals surface area contributed by atoms with E-state index in [9.17, 15) is 5.11 Å². The van der Waals surface area contributed by atoms with Crippen molar-refractivity contribution in [3.8, 4) is 0 Å². The van der Waals surface area contributed by atoms with E-state index < -0.39 is 0 Å². The number of anilines is 1. The number of aliphatic hydroxyl groups excluding tert-OH is 1. The highest BCUT2D eigenvalue weighted by molar-refractivity contribution is 5.55. The van der Waals surface area contributed by atoms with Gasteiger partial charge in [0.05, 0.1) is 6.61 Å². The normalized spacial score (nSPS) is 25.9. The van der Waals surface area contributed by atoms with Crippen LogP contribution in [0, 0.1) is 5.92 Å². The summed E-state index contributed by atoms with van der Waals surface area (Å²) >= 11 is 0. The van der Waals surface area contributed by atoms with Crippen molar-refractivity contribution in [2.45, 2.75) is 32.9 Å². The minimum atomic E-state index is 0.133. The van der Waals surface area contributed by atoms with Gasteiger partial charge in [-0.3, -0.25) is 0 Å². The number of benzene rings is 1. The van der Waals surface area contributed by atoms with Gasteiger partial charge in [-0.2, -0.15) is 0 Å². The lowest BCUT2D eigenvalue weighted by Crippen LogP contribution is -2.27. The maximum atomic E-state index is 9.30. The third-order valence-electron chi connectivity index (χ3n) is 3.26. The van der Waals surface area contributed by atoms with Crippen LogP contribution in [0.1, 0.15) is 25.8 Å². The second-order valence-corrected chi connectivity index (χ2v) is 4.63. The predicted octanol–water partition coefficient (Wildman–Crippen LogP) is 2.41. The highest BCUT2D eigenvalue weighted by Gasteiger charge is 2.27. The van der Waals surface area contributed by atoms with Gasteiger partial charge >= 0.3 is 0 Å². The predicted molar refractivity (Wildman–Crippen MR) is 63.0 cm³/mol. The SMILES string of the molecule is CC1CC(C)N(c2ccccc2CO)C1. The fourth-order valence-electron chi connectivity index (χ4n) is 2.56. The molecule has 1 aliphatic rings. The Bertz CT molecular complexity index is 337. The molecule has 0 bridgehead atoms. The number of hydrogen-bond donors (Lipinski definition) is 1. The Hall–Kier alpha value is -1.02. The number of hydrogen-bond acceptors (Lipinski definition) is 2. The molecule has 2 heteroatoms. The lowest BCUT2D eigenvalue weighted by molar-refractivity contribution is 0.282. The van der Waals surface area contributed by atoms with Crippen molar-refractivity contribution < 1.29 is 5.11 Å². The summed E-state index contributed by atoms with van der Waals surface area (Å²) in [4.78, 5) is 2.41. The molecular formula is C13H19NO. The van der Waals surface area contributed by atoms with Crippen molar-refractivity contribution in [3.05, 3.63) is 29.8 Å². The van der Waals surface area contributed by atoms with Gasteiger partial charge < -0.3 is 10.0 Å². The number of rotatable bonds is 2. The van der Waals surface area contributed by atoms with Crippen LogP contribution in [-0.2, 0) is 6.61 Å². The lowest BCUT2D eigenvalue weighted by atomic mass is 10.1. The fourth-order valence-corrected chi connectivity index (χ4v) is 2.56. The Morgan fingerprint density at radius 1 is 1.33 bits per heavy atom. The summed E-state index contributed by atoms with van der Waals surface area (Å²) in [5.41, 5.74) is 2.25. The molecule has 1 N–H and O–H groups in total. The van der Waals surface area contributed by atoms with E-state index in [4.69, 9.17) is 0 Å². The Labute approximate surface area is 91.5 Å². The van der Waals surface area contributed by atoms with E-state index in [-0.39, 0.29) is 6.61 Å². The molecule has 1 aromatic rings. The van der Waals surface area contributed by atoms with Crippen molar-refractivity contribution in [1.29, 1.82) is 0 Å². The first-order valence-electron chi connectivity index (χ1n) is 5.67. The van der Waals surface area contributed by atoms with Gasteiger partial charge in [-0.25, -0.2) is 0 Å². The maximum absolute atomic E-state index is 9.30. The first-order valence-corrected chi connectivity index (χ1v) is 5.67. The minimum Gasteiger partial charge on any atom is -0.392 e. The van der Waals surface area contributed by atoms with E-state index in [1.807, 2.05) is 18.2 Å². The molecule has 82 valence electrons. The molecule has 0 radical (unpaired) electrons. The lowest BCUT2D eigenvalue weighted by Gasteiger charge is -2.26. The molecule has 2 atom stereocenters. The zero-order valence-electron chi connectivity index (χ0n) is 9.48. The summed E-state index contributed by atoms with van der Waals surface area (Å²) in [6.45, 7) is 5.79. The first-order chi connectivity index (χ1) is 7.22. The van der Waals surface area contributed by atoms with E-state index in [0.29, 0.717) is 6.04 Å². The molecule has 0 spiro atoms. The zero-order chi connectivity index (χ0) is 10.8. The van der Waals surface area contributed by atoms with Gasteiger partial charge in [-0.1, -0.05) is 25.1 Å². The molecular weight excluding hydrogens is 186 g/mol. The second kappa shape index (κ2) is 4.23. The number of aliphatic hydroxyl groups is 1. The average molecular weight is 205 g/mol. The van der Waals surface area contributed by atoms with Crippen LogP contribution >= 0.6 is 0 Å². The Morgan fingerprint density at radius 3 is 2.67 bits per heavy atom. The van der Waals surface area contributed by atoms with Gasteiger partial charge in [0.15, 0.2) is 0 Å². The highest BCUT2D eigenvalue weighted by atomic mass is 16.3. The number of para-hydroxylation sites is 1. The van der Waals surface area contributed by atoms with Gasteiger partial charge in [0.2, 0.25) is 0 Å². The van der Waals surface area contributed by atoms with E-state index in [1.54, 1.807) is 0 Å². The van der Waals surface area contributed by atoms with Gasteiger partial charge in [0.1, 0.15) is 0 Å². The third-order valence-corrected chi connectivity index (χ3v) is 3.26. The van der Waals surface area contributed by atoms with Crippen LogP contribution in [0.15, 0.2) is 24.3 Å². The molecule has 1 fully saturated rings. The molecule has 0 saturated carbocycles. The Morgan fingerprint density at radius 2 is 2.07 bits per heavy atom. The highest BCUT2D eigenvalue weighted by Crippen LogP contribution is 2.30. The van der Waals surface area contributed by atoms with Crippen molar-refractivity contribution in [2.24, 2.45) is 5.92 Å². The van der Waals surface area contributed by atoms with Crippen molar-refractivity contribution in [1.82, 2.24) is 0 Å². The van der Waals surface area contributed by atoms with E-state index in [0.717, 1.165) is 18.0 Å². The van der Waals surface area contributed by atoms with Crippen LogP contribution in [0.5, 0.6) is 0 Å². The van der Waals surface area contributed by atoms with Crippen molar-refractivity contribution in [2.75, 3.05) is 11.4 Å². The molecule has 1 saturated heterocycles. The fraction of sp³-hybridized carbons (Fsp3) is 0.538. The van der Waals surface area contributed by atoms with Crippen molar-refractivity contribution in [3.63, 3.8) is 0 Å². The second-order valence-electron chi connectivity index (χ2n) is 4.63. The molecule has 0 amide bonds. The Balaban J connectivity index is 2.29. The van der Waals surface area contributed by atoms with Crippen LogP contribution in [0.25, 0.3) is 0 Å². The molecule has 1 aliphatic heterocycles. The average Bonchev–Trinajstić information content (AvgIpc) is 2.57. The first kappa shape index (κ1) is 10.5. The smallest absolute Gasteiger partial charge is 0.0702 e. The van der Waals surface area contributed by atoms with Gasteiger partial charge in [-0.05, 0) is 25.3 Å². The molecule has 1 heterocycles. The van der Waals surface area contributed by atoms with E-state index in [2.05, 4.69) is 24.8 Å². The van der Waals surface area contributed by atoms with Crippen LogP contribution < -0.4 is 4.90 Å². The molecule has 0 aromatic heterocycles. The van der Waals surface area contributed by atoms with Gasteiger partial charge in [0, 0.05) is 23.8 Å². The van der Waals surface area contributed by atoms with Crippen LogP contribution in [-0.4, -0.2) is 17.7 Å². The summed E-state index contributed by atoms with van der Waals surface area (Å²) < 4.78 is 0. The number of nitrogens with zero attached hydrogens (tertiary/aromatic N) is 1. The Kier molecular flexibility index (Phi) is 2.96. The standard InChI is InChI=1S/C13H19NO/c1-10-7-11(2)14(8-10)13-6-4-3-5-12(13)9-15/h3-6,10-11,15H,7-9H2,1-2H3. The van der Waals surface area contributed by atoms with E-state index in [1.165, 1.54) is 12.1 Å². The quantitative estimate of drug-likeness (QED) is 0.801. The molecule has 2 unspecified atom stereocenters. The molecule has 1 aromatic carbocycles. The zero-order valence-corrected chi connectivity index (χ0v) is 9.48. The van der Waals surface area contributed by atoms with Crippen LogP contribution in [0.3, 0.4) is 0 Å². The monoisotopic (exact) mass is 205 g/mol. The van der Waals surface area contributed by atoms with Crippen LogP contribution in [0.2, 0.25) is 0 Å². The topological polar surface area (TPSA) is 23.5 Å². The summed E-state index contributed by atoms with van der Waals surface area (Å²) in [5, 5.41) is 9.30. The van der Waals surface area contributed by atoms with E-state index >= 15 is 0 Å². The molecule has 2 nitrogen and oxygen atoms in total. The summed E-state index contributed by atoms with van der Waals surface area (Å²) in [5.74, 6) is 0.756. The minimum absolute atomic E-state index is 0.133. The van der Waals surface area contributed by atoms with Crippen LogP contribution in [0.4, 0.5) is 5.69 Å². The van der Waals surface area contributed by atoms with Gasteiger partial charge in [0.25, 0.3) is 0 Å². The van der Waals surface area contributed by atoms with Crippen molar-refractivity contribution >= 4 is 5.69 Å². The third kappa shape index (κ3) is 2.00. The largest absolute Gasteiger partial charge is 0.392 e.